The van der Waals surface area contributed by atoms with Crippen molar-refractivity contribution in [3.8, 4) is 11.5 Å². The van der Waals surface area contributed by atoms with Crippen LogP contribution in [0.25, 0.3) is 0 Å². The molecule has 122 valence electrons. The van der Waals surface area contributed by atoms with Crippen LogP contribution < -0.4 is 9.47 Å². The van der Waals surface area contributed by atoms with Gasteiger partial charge in [-0.05, 0) is 48.2 Å². The van der Waals surface area contributed by atoms with E-state index in [-0.39, 0.29) is 17.5 Å². The Morgan fingerprint density at radius 3 is 2.26 bits per heavy atom. The molecule has 4 nitrogen and oxygen atoms in total. The predicted molar refractivity (Wildman–Crippen MR) is 80.3 cm³/mol. The van der Waals surface area contributed by atoms with Crippen LogP contribution >= 0.6 is 0 Å². The van der Waals surface area contributed by atoms with Gasteiger partial charge in [-0.3, -0.25) is 0 Å². The molecule has 0 aromatic heterocycles. The van der Waals surface area contributed by atoms with Crippen molar-refractivity contribution in [3.63, 3.8) is 0 Å². The molecule has 0 heterocycles. The van der Waals surface area contributed by atoms with Gasteiger partial charge in [-0.15, -0.1) is 0 Å². The lowest BCUT2D eigenvalue weighted by molar-refractivity contribution is 0.0695. The Morgan fingerprint density at radius 1 is 1.00 bits per heavy atom. The molecule has 0 aliphatic carbocycles. The molecule has 1 N–H and O–H groups in total. The first-order valence-electron chi connectivity index (χ1n) is 6.88. The Bertz CT molecular complexity index is 729. The Kier molecular flexibility index (Phi) is 5.16. The number of carboxylic acid groups (broad SMARTS) is 1. The van der Waals surface area contributed by atoms with E-state index >= 15 is 0 Å². The Labute approximate surface area is 132 Å². The minimum absolute atomic E-state index is 0.232. The van der Waals surface area contributed by atoms with Gasteiger partial charge in [0.25, 0.3) is 0 Å². The first-order valence-corrected chi connectivity index (χ1v) is 6.88. The van der Waals surface area contributed by atoms with Gasteiger partial charge in [0.1, 0.15) is 0 Å². The van der Waals surface area contributed by atoms with E-state index in [0.717, 1.165) is 11.6 Å². The molecule has 0 spiro atoms. The largest absolute Gasteiger partial charge is 0.493 e. The predicted octanol–water partition coefficient (Wildman–Crippen LogP) is 3.47. The van der Waals surface area contributed by atoms with Crippen LogP contribution in [0.15, 0.2) is 30.3 Å². The van der Waals surface area contributed by atoms with Crippen LogP contribution in [-0.4, -0.2) is 25.3 Å². The molecule has 2 rings (SSSR count). The normalized spacial score (nSPS) is 10.4. The average Bonchev–Trinajstić information content (AvgIpc) is 2.54. The third-order valence-electron chi connectivity index (χ3n) is 3.51. The molecule has 0 fully saturated rings. The number of aryl methyl sites for hydroxylation is 2. The van der Waals surface area contributed by atoms with Crippen molar-refractivity contribution < 1.29 is 28.2 Å². The fourth-order valence-electron chi connectivity index (χ4n) is 2.31. The molecule has 2 aromatic rings. The highest BCUT2D eigenvalue weighted by atomic mass is 19.2. The summed E-state index contributed by atoms with van der Waals surface area (Å²) in [6.07, 6.45) is 0.708. The van der Waals surface area contributed by atoms with E-state index in [9.17, 15) is 13.6 Å². The summed E-state index contributed by atoms with van der Waals surface area (Å²) in [5.41, 5.74) is 0.874. The van der Waals surface area contributed by atoms with Crippen molar-refractivity contribution >= 4 is 5.97 Å². The van der Waals surface area contributed by atoms with Crippen LogP contribution in [0.3, 0.4) is 0 Å². The Balaban J connectivity index is 2.24. The third kappa shape index (κ3) is 3.77. The SMILES string of the molecule is COc1ccc(CCc2cc(F)c(F)cc2C(=O)O)cc1OC. The van der Waals surface area contributed by atoms with Gasteiger partial charge >= 0.3 is 5.97 Å². The maximum Gasteiger partial charge on any atom is 0.336 e. The van der Waals surface area contributed by atoms with Crippen molar-refractivity contribution in [2.75, 3.05) is 14.2 Å². The van der Waals surface area contributed by atoms with Crippen LogP contribution in [0, 0.1) is 11.6 Å². The summed E-state index contributed by atoms with van der Waals surface area (Å²) in [6.45, 7) is 0. The van der Waals surface area contributed by atoms with E-state index in [1.54, 1.807) is 12.1 Å². The van der Waals surface area contributed by atoms with Gasteiger partial charge in [0, 0.05) is 0 Å². The number of benzene rings is 2. The standard InChI is InChI=1S/C17H16F2O4/c1-22-15-6-4-10(7-16(15)23-2)3-5-11-8-13(18)14(19)9-12(11)17(20)21/h4,6-9H,3,5H2,1-2H3,(H,20,21). The van der Waals surface area contributed by atoms with Crippen molar-refractivity contribution in [1.82, 2.24) is 0 Å². The summed E-state index contributed by atoms with van der Waals surface area (Å²) < 4.78 is 36.9. The minimum Gasteiger partial charge on any atom is -0.493 e. The number of carbonyl (C=O) groups is 1. The number of carboxylic acids is 1. The van der Waals surface area contributed by atoms with Crippen LogP contribution in [0.1, 0.15) is 21.5 Å². The molecule has 0 bridgehead atoms. The molecule has 0 radical (unpaired) electrons. The highest BCUT2D eigenvalue weighted by Crippen LogP contribution is 2.28. The first kappa shape index (κ1) is 16.7. The molecular weight excluding hydrogens is 306 g/mol. The van der Waals surface area contributed by atoms with E-state index in [1.807, 2.05) is 6.07 Å². The highest BCUT2D eigenvalue weighted by Gasteiger charge is 2.15. The second-order valence-electron chi connectivity index (χ2n) is 4.92. The van der Waals surface area contributed by atoms with Crippen LogP contribution in [0.5, 0.6) is 11.5 Å². The van der Waals surface area contributed by atoms with Crippen molar-refractivity contribution in [1.29, 1.82) is 0 Å². The average molecular weight is 322 g/mol. The molecule has 6 heteroatoms. The van der Waals surface area contributed by atoms with E-state index in [2.05, 4.69) is 0 Å². The van der Waals surface area contributed by atoms with Gasteiger partial charge < -0.3 is 14.6 Å². The maximum absolute atomic E-state index is 13.4. The molecule has 0 atom stereocenters. The molecule has 0 saturated carbocycles. The number of aromatic carboxylic acids is 1. The number of rotatable bonds is 6. The molecule has 0 amide bonds. The Morgan fingerprint density at radius 2 is 1.65 bits per heavy atom. The monoisotopic (exact) mass is 322 g/mol. The second kappa shape index (κ2) is 7.09. The summed E-state index contributed by atoms with van der Waals surface area (Å²) in [6, 6.07) is 6.94. The van der Waals surface area contributed by atoms with Gasteiger partial charge in [0.05, 0.1) is 19.8 Å². The lowest BCUT2D eigenvalue weighted by Crippen LogP contribution is -2.06. The highest BCUT2D eigenvalue weighted by molar-refractivity contribution is 5.89. The number of hydrogen-bond acceptors (Lipinski definition) is 3. The van der Waals surface area contributed by atoms with Crippen molar-refractivity contribution in [2.24, 2.45) is 0 Å². The summed E-state index contributed by atoms with van der Waals surface area (Å²) in [7, 11) is 3.04. The maximum atomic E-state index is 13.4. The zero-order chi connectivity index (χ0) is 17.0. The second-order valence-corrected chi connectivity index (χ2v) is 4.92. The smallest absolute Gasteiger partial charge is 0.336 e. The third-order valence-corrected chi connectivity index (χ3v) is 3.51. The first-order chi connectivity index (χ1) is 11.0. The van der Waals surface area contributed by atoms with Crippen LogP contribution in [-0.2, 0) is 12.8 Å². The fraction of sp³-hybridized carbons (Fsp3) is 0.235. The fourth-order valence-corrected chi connectivity index (χ4v) is 2.31. The lowest BCUT2D eigenvalue weighted by Gasteiger charge is -2.11. The number of hydrogen-bond donors (Lipinski definition) is 1. The molecular formula is C17H16F2O4. The van der Waals surface area contributed by atoms with Crippen molar-refractivity contribution in [3.05, 3.63) is 58.7 Å². The molecule has 23 heavy (non-hydrogen) atoms. The zero-order valence-corrected chi connectivity index (χ0v) is 12.7. The van der Waals surface area contributed by atoms with Gasteiger partial charge in [-0.1, -0.05) is 6.07 Å². The quantitative estimate of drug-likeness (QED) is 0.885. The number of halogens is 2. The van der Waals surface area contributed by atoms with Gasteiger partial charge in [-0.2, -0.15) is 0 Å². The Hall–Kier alpha value is -2.63. The van der Waals surface area contributed by atoms with E-state index in [4.69, 9.17) is 14.6 Å². The zero-order valence-electron chi connectivity index (χ0n) is 12.7. The van der Waals surface area contributed by atoms with Crippen molar-refractivity contribution in [2.45, 2.75) is 12.8 Å². The lowest BCUT2D eigenvalue weighted by atomic mass is 9.99. The number of methoxy groups -OCH3 is 2. The van der Waals surface area contributed by atoms with E-state index in [0.29, 0.717) is 24.0 Å². The van der Waals surface area contributed by atoms with Gasteiger partial charge in [-0.25, -0.2) is 13.6 Å². The molecule has 2 aromatic carbocycles. The summed E-state index contributed by atoms with van der Waals surface area (Å²) in [4.78, 5) is 11.2. The van der Waals surface area contributed by atoms with Crippen LogP contribution in [0.2, 0.25) is 0 Å². The van der Waals surface area contributed by atoms with E-state index < -0.39 is 17.6 Å². The number of ether oxygens (including phenoxy) is 2. The summed E-state index contributed by atoms with van der Waals surface area (Å²) in [5, 5.41) is 9.10. The molecule has 0 saturated heterocycles. The molecule has 0 aliphatic rings. The molecule has 0 unspecified atom stereocenters. The summed E-state index contributed by atoms with van der Waals surface area (Å²) >= 11 is 0. The van der Waals surface area contributed by atoms with E-state index in [1.165, 1.54) is 14.2 Å². The molecule has 0 aliphatic heterocycles. The summed E-state index contributed by atoms with van der Waals surface area (Å²) in [5.74, 6) is -2.38. The van der Waals surface area contributed by atoms with Crippen LogP contribution in [0.4, 0.5) is 8.78 Å². The topological polar surface area (TPSA) is 55.8 Å². The van der Waals surface area contributed by atoms with Gasteiger partial charge in [0.2, 0.25) is 0 Å². The minimum atomic E-state index is -1.29. The van der Waals surface area contributed by atoms with Gasteiger partial charge in [0.15, 0.2) is 23.1 Å².